The minimum Gasteiger partial charge on any atom is -0.497 e. The van der Waals surface area contributed by atoms with Crippen LogP contribution >= 0.6 is 27.7 Å². The molecule has 0 saturated carbocycles. The van der Waals surface area contributed by atoms with E-state index in [4.69, 9.17) is 4.74 Å². The number of ether oxygens (including phenoxy) is 1. The van der Waals surface area contributed by atoms with Crippen molar-refractivity contribution in [1.29, 1.82) is 0 Å². The van der Waals surface area contributed by atoms with Gasteiger partial charge in [0.2, 0.25) is 0 Å². The molecule has 0 radical (unpaired) electrons. The number of amides is 1. The first-order valence-electron chi connectivity index (χ1n) is 9.99. The number of benzene rings is 3. The van der Waals surface area contributed by atoms with Crippen LogP contribution in [-0.4, -0.2) is 39.7 Å². The van der Waals surface area contributed by atoms with Crippen LogP contribution in [0.25, 0.3) is 17.1 Å². The lowest BCUT2D eigenvalue weighted by Crippen LogP contribution is -2.20. The Labute approximate surface area is 204 Å². The van der Waals surface area contributed by atoms with E-state index in [0.717, 1.165) is 27.0 Å². The summed E-state index contributed by atoms with van der Waals surface area (Å²) in [6.07, 6.45) is 1.60. The van der Waals surface area contributed by atoms with Crippen LogP contribution in [0.5, 0.6) is 5.75 Å². The number of rotatable bonds is 8. The van der Waals surface area contributed by atoms with Crippen LogP contribution in [0.15, 0.2) is 93.6 Å². The molecule has 3 aromatic carbocycles. The van der Waals surface area contributed by atoms with Gasteiger partial charge < -0.3 is 4.74 Å². The Morgan fingerprint density at radius 3 is 2.61 bits per heavy atom. The fourth-order valence-corrected chi connectivity index (χ4v) is 4.19. The quantitative estimate of drug-likeness (QED) is 0.201. The Bertz CT molecular complexity index is 1260. The number of halogens is 1. The van der Waals surface area contributed by atoms with Crippen molar-refractivity contribution in [2.75, 3.05) is 12.9 Å². The molecule has 1 heterocycles. The average molecular weight is 522 g/mol. The molecule has 7 nitrogen and oxygen atoms in total. The van der Waals surface area contributed by atoms with Crippen LogP contribution in [0, 0.1) is 0 Å². The lowest BCUT2D eigenvalue weighted by molar-refractivity contribution is -0.118. The number of methoxy groups -OCH3 is 1. The van der Waals surface area contributed by atoms with Crippen LogP contribution in [0.1, 0.15) is 5.56 Å². The maximum absolute atomic E-state index is 12.4. The lowest BCUT2D eigenvalue weighted by atomic mass is 10.2. The average Bonchev–Trinajstić information content (AvgIpc) is 3.27. The van der Waals surface area contributed by atoms with Crippen molar-refractivity contribution < 1.29 is 9.53 Å². The zero-order chi connectivity index (χ0) is 23.0. The van der Waals surface area contributed by atoms with Gasteiger partial charge in [-0.25, -0.2) is 5.43 Å². The molecule has 0 unspecified atom stereocenters. The van der Waals surface area contributed by atoms with E-state index in [2.05, 4.69) is 36.7 Å². The second kappa shape index (κ2) is 10.9. The molecule has 0 aliphatic rings. The van der Waals surface area contributed by atoms with Gasteiger partial charge in [0.15, 0.2) is 11.0 Å². The number of hydrogen-bond acceptors (Lipinski definition) is 6. The fourth-order valence-electron chi connectivity index (χ4n) is 3.03. The Kier molecular flexibility index (Phi) is 7.54. The fraction of sp³-hybridized carbons (Fsp3) is 0.0833. The lowest BCUT2D eigenvalue weighted by Gasteiger charge is -2.11. The summed E-state index contributed by atoms with van der Waals surface area (Å²) in [5, 5.41) is 13.4. The van der Waals surface area contributed by atoms with Gasteiger partial charge in [0, 0.05) is 15.7 Å². The van der Waals surface area contributed by atoms with Crippen LogP contribution in [0.3, 0.4) is 0 Å². The number of thioether (sulfide) groups is 1. The Morgan fingerprint density at radius 2 is 1.88 bits per heavy atom. The highest BCUT2D eigenvalue weighted by molar-refractivity contribution is 9.10. The van der Waals surface area contributed by atoms with Crippen LogP contribution in [0.2, 0.25) is 0 Å². The predicted octanol–water partition coefficient (Wildman–Crippen LogP) is 4.95. The Hall–Kier alpha value is -3.43. The number of nitrogens with zero attached hydrogens (tertiary/aromatic N) is 4. The van der Waals surface area contributed by atoms with E-state index in [9.17, 15) is 4.79 Å². The van der Waals surface area contributed by atoms with Crippen molar-refractivity contribution in [1.82, 2.24) is 20.2 Å². The van der Waals surface area contributed by atoms with Crippen LogP contribution in [0.4, 0.5) is 0 Å². The minimum absolute atomic E-state index is 0.138. The van der Waals surface area contributed by atoms with E-state index in [1.807, 2.05) is 83.4 Å². The van der Waals surface area contributed by atoms with E-state index in [1.165, 1.54) is 11.8 Å². The predicted molar refractivity (Wildman–Crippen MR) is 134 cm³/mol. The summed E-state index contributed by atoms with van der Waals surface area (Å²) in [6.45, 7) is 0. The monoisotopic (exact) mass is 521 g/mol. The zero-order valence-corrected chi connectivity index (χ0v) is 20.1. The van der Waals surface area contributed by atoms with Gasteiger partial charge in [-0.1, -0.05) is 70.2 Å². The molecular weight excluding hydrogens is 502 g/mol. The Balaban J connectivity index is 1.51. The van der Waals surface area contributed by atoms with E-state index in [1.54, 1.807) is 13.3 Å². The molecule has 0 spiro atoms. The van der Waals surface area contributed by atoms with Crippen molar-refractivity contribution in [2.45, 2.75) is 5.16 Å². The second-order valence-electron chi connectivity index (χ2n) is 6.84. The molecule has 4 aromatic rings. The number of carbonyl (C=O) groups is 1. The smallest absolute Gasteiger partial charge is 0.250 e. The molecular formula is C24H20BrN5O2S. The number of hydrazone groups is 1. The summed E-state index contributed by atoms with van der Waals surface area (Å²) in [7, 11) is 1.63. The second-order valence-corrected chi connectivity index (χ2v) is 8.70. The van der Waals surface area contributed by atoms with Crippen molar-refractivity contribution >= 4 is 39.8 Å². The van der Waals surface area contributed by atoms with Gasteiger partial charge in [-0.2, -0.15) is 5.10 Å². The molecule has 0 aliphatic carbocycles. The normalized spacial score (nSPS) is 11.0. The maximum atomic E-state index is 12.4. The van der Waals surface area contributed by atoms with Crippen molar-refractivity contribution in [2.24, 2.45) is 5.10 Å². The first-order valence-corrected chi connectivity index (χ1v) is 11.8. The first-order chi connectivity index (χ1) is 16.1. The third-order valence-corrected chi connectivity index (χ3v) is 6.00. The summed E-state index contributed by atoms with van der Waals surface area (Å²) in [4.78, 5) is 12.4. The number of aromatic nitrogens is 3. The molecule has 1 amide bonds. The first kappa shape index (κ1) is 22.8. The van der Waals surface area contributed by atoms with E-state index < -0.39 is 0 Å². The largest absolute Gasteiger partial charge is 0.497 e. The van der Waals surface area contributed by atoms with Crippen molar-refractivity contribution in [3.8, 4) is 22.8 Å². The van der Waals surface area contributed by atoms with Gasteiger partial charge in [-0.05, 0) is 42.0 Å². The molecule has 9 heteroatoms. The molecule has 1 aromatic heterocycles. The molecule has 33 heavy (non-hydrogen) atoms. The number of hydrogen-bond donors (Lipinski definition) is 1. The molecule has 0 fully saturated rings. The van der Waals surface area contributed by atoms with E-state index in [0.29, 0.717) is 11.0 Å². The van der Waals surface area contributed by atoms with Gasteiger partial charge in [-0.3, -0.25) is 9.36 Å². The summed E-state index contributed by atoms with van der Waals surface area (Å²) < 4.78 is 8.14. The molecule has 0 bridgehead atoms. The van der Waals surface area contributed by atoms with E-state index >= 15 is 0 Å². The number of nitrogens with one attached hydrogen (secondary N) is 1. The van der Waals surface area contributed by atoms with Gasteiger partial charge in [0.1, 0.15) is 5.75 Å². The third-order valence-electron chi connectivity index (χ3n) is 4.58. The van der Waals surface area contributed by atoms with Crippen LogP contribution in [-0.2, 0) is 4.79 Å². The Morgan fingerprint density at radius 1 is 1.09 bits per heavy atom. The summed E-state index contributed by atoms with van der Waals surface area (Å²) in [5.74, 6) is 1.34. The highest BCUT2D eigenvalue weighted by atomic mass is 79.9. The van der Waals surface area contributed by atoms with Crippen LogP contribution < -0.4 is 10.2 Å². The topological polar surface area (TPSA) is 81.4 Å². The molecule has 0 atom stereocenters. The molecule has 1 N–H and O–H groups in total. The zero-order valence-electron chi connectivity index (χ0n) is 17.7. The van der Waals surface area contributed by atoms with Crippen molar-refractivity contribution in [3.63, 3.8) is 0 Å². The molecule has 166 valence electrons. The van der Waals surface area contributed by atoms with Gasteiger partial charge in [-0.15, -0.1) is 10.2 Å². The standard InChI is InChI=1S/C24H20BrN5O2S/c1-32-21-12-10-20(11-13-21)30-23(18-7-3-2-4-8-18)28-29-24(30)33-16-22(31)27-26-15-17-6-5-9-19(25)14-17/h2-15H,16H2,1H3,(H,27,31)/b26-15-. The summed E-state index contributed by atoms with van der Waals surface area (Å²) >= 11 is 4.70. The summed E-state index contributed by atoms with van der Waals surface area (Å²) in [5.41, 5.74) is 5.23. The summed E-state index contributed by atoms with van der Waals surface area (Å²) in [6, 6.07) is 25.1. The highest BCUT2D eigenvalue weighted by Crippen LogP contribution is 2.28. The number of carbonyl (C=O) groups excluding carboxylic acids is 1. The molecule has 0 saturated heterocycles. The van der Waals surface area contributed by atoms with Gasteiger partial charge in [0.25, 0.3) is 5.91 Å². The molecule has 4 rings (SSSR count). The van der Waals surface area contributed by atoms with Gasteiger partial charge in [0.05, 0.1) is 19.1 Å². The highest BCUT2D eigenvalue weighted by Gasteiger charge is 2.17. The SMILES string of the molecule is COc1ccc(-n2c(SCC(=O)N/N=C\c3cccc(Br)c3)nnc2-c2ccccc2)cc1. The van der Waals surface area contributed by atoms with Gasteiger partial charge >= 0.3 is 0 Å². The minimum atomic E-state index is -0.239. The maximum Gasteiger partial charge on any atom is 0.250 e. The third kappa shape index (κ3) is 5.88. The van der Waals surface area contributed by atoms with E-state index in [-0.39, 0.29) is 11.7 Å². The van der Waals surface area contributed by atoms with Crippen molar-refractivity contribution in [3.05, 3.63) is 88.9 Å². The molecule has 0 aliphatic heterocycles.